The number of carbonyl (C=O) groups excluding carboxylic acids is 1. The summed E-state index contributed by atoms with van der Waals surface area (Å²) >= 11 is 0. The molecule has 0 heterocycles. The Morgan fingerprint density at radius 1 is 1.04 bits per heavy atom. The molecule has 0 aliphatic heterocycles. The summed E-state index contributed by atoms with van der Waals surface area (Å²) in [6.07, 6.45) is 0.723. The number of nitrogens with one attached hydrogen (secondary N) is 1. The Bertz CT molecular complexity index is 645. The molecule has 2 aromatic carbocycles. The average molecular weight is 329 g/mol. The van der Waals surface area contributed by atoms with Crippen molar-refractivity contribution in [3.05, 3.63) is 53.6 Å². The summed E-state index contributed by atoms with van der Waals surface area (Å²) in [5, 5.41) is 2.88. The standard InChI is InChI=1S/C19H23NO4/c1-14-17(22-2)12-15(13-18(14)23-3)19(21)20-10-7-11-24-16-8-5-4-6-9-16/h4-6,8-9,12-13H,7,10-11H2,1-3H3,(H,20,21). The van der Waals surface area contributed by atoms with Crippen LogP contribution in [-0.2, 0) is 0 Å². The van der Waals surface area contributed by atoms with Gasteiger partial charge in [0.1, 0.15) is 17.2 Å². The lowest BCUT2D eigenvalue weighted by atomic mass is 10.1. The third-order valence-corrected chi connectivity index (χ3v) is 3.63. The molecule has 0 unspecified atom stereocenters. The minimum atomic E-state index is -0.161. The van der Waals surface area contributed by atoms with Crippen LogP contribution in [0.5, 0.6) is 17.2 Å². The zero-order valence-corrected chi connectivity index (χ0v) is 14.3. The number of hydrogen-bond donors (Lipinski definition) is 1. The quantitative estimate of drug-likeness (QED) is 0.756. The van der Waals surface area contributed by atoms with Gasteiger partial charge >= 0.3 is 0 Å². The van der Waals surface area contributed by atoms with Gasteiger partial charge in [-0.3, -0.25) is 4.79 Å². The molecule has 0 spiro atoms. The highest BCUT2D eigenvalue weighted by atomic mass is 16.5. The fraction of sp³-hybridized carbons (Fsp3) is 0.316. The normalized spacial score (nSPS) is 10.1. The topological polar surface area (TPSA) is 56.8 Å². The highest BCUT2D eigenvalue weighted by Crippen LogP contribution is 2.29. The van der Waals surface area contributed by atoms with Crippen molar-refractivity contribution in [3.8, 4) is 17.2 Å². The van der Waals surface area contributed by atoms with Crippen LogP contribution in [0.3, 0.4) is 0 Å². The Morgan fingerprint density at radius 2 is 1.67 bits per heavy atom. The smallest absolute Gasteiger partial charge is 0.251 e. The van der Waals surface area contributed by atoms with Crippen LogP contribution in [0.2, 0.25) is 0 Å². The molecule has 24 heavy (non-hydrogen) atoms. The molecule has 0 aromatic heterocycles. The molecule has 0 saturated carbocycles. The Balaban J connectivity index is 1.84. The van der Waals surface area contributed by atoms with E-state index in [0.29, 0.717) is 30.2 Å². The van der Waals surface area contributed by atoms with Crippen molar-refractivity contribution in [3.63, 3.8) is 0 Å². The van der Waals surface area contributed by atoms with Crippen LogP contribution in [0.1, 0.15) is 22.3 Å². The second-order valence-corrected chi connectivity index (χ2v) is 5.28. The van der Waals surface area contributed by atoms with Crippen LogP contribution in [-0.4, -0.2) is 33.3 Å². The van der Waals surface area contributed by atoms with E-state index in [-0.39, 0.29) is 5.91 Å². The van der Waals surface area contributed by atoms with E-state index in [2.05, 4.69) is 5.32 Å². The van der Waals surface area contributed by atoms with Gasteiger partial charge in [-0.15, -0.1) is 0 Å². The van der Waals surface area contributed by atoms with Crippen LogP contribution < -0.4 is 19.5 Å². The number of amides is 1. The van der Waals surface area contributed by atoms with Gasteiger partial charge in [0.25, 0.3) is 5.91 Å². The second kappa shape index (κ2) is 8.82. The Morgan fingerprint density at radius 3 is 2.25 bits per heavy atom. The Hall–Kier alpha value is -2.69. The van der Waals surface area contributed by atoms with Gasteiger partial charge < -0.3 is 19.5 Å². The molecule has 1 N–H and O–H groups in total. The van der Waals surface area contributed by atoms with Crippen molar-refractivity contribution in [2.45, 2.75) is 13.3 Å². The number of hydrogen-bond acceptors (Lipinski definition) is 4. The van der Waals surface area contributed by atoms with Gasteiger partial charge in [0.05, 0.1) is 20.8 Å². The predicted molar refractivity (Wildman–Crippen MR) is 93.2 cm³/mol. The molecule has 1 amide bonds. The van der Waals surface area contributed by atoms with E-state index in [0.717, 1.165) is 17.7 Å². The van der Waals surface area contributed by atoms with Crippen molar-refractivity contribution in [2.75, 3.05) is 27.4 Å². The van der Waals surface area contributed by atoms with Crippen molar-refractivity contribution >= 4 is 5.91 Å². The summed E-state index contributed by atoms with van der Waals surface area (Å²) in [7, 11) is 3.15. The van der Waals surface area contributed by atoms with Crippen molar-refractivity contribution in [1.82, 2.24) is 5.32 Å². The van der Waals surface area contributed by atoms with E-state index in [1.54, 1.807) is 26.4 Å². The second-order valence-electron chi connectivity index (χ2n) is 5.28. The van der Waals surface area contributed by atoms with E-state index in [1.165, 1.54) is 0 Å². The van der Waals surface area contributed by atoms with Crippen LogP contribution in [0.15, 0.2) is 42.5 Å². The van der Waals surface area contributed by atoms with Gasteiger partial charge in [0, 0.05) is 17.7 Å². The minimum absolute atomic E-state index is 0.161. The van der Waals surface area contributed by atoms with Crippen molar-refractivity contribution < 1.29 is 19.0 Å². The molecular weight excluding hydrogens is 306 g/mol. The SMILES string of the molecule is COc1cc(C(=O)NCCCOc2ccccc2)cc(OC)c1C. The van der Waals surface area contributed by atoms with Crippen molar-refractivity contribution in [2.24, 2.45) is 0 Å². The van der Waals surface area contributed by atoms with Gasteiger partial charge in [-0.1, -0.05) is 18.2 Å². The molecule has 0 atom stereocenters. The molecule has 0 radical (unpaired) electrons. The molecule has 5 heteroatoms. The Kier molecular flexibility index (Phi) is 6.49. The number of rotatable bonds is 8. The van der Waals surface area contributed by atoms with Gasteiger partial charge in [-0.2, -0.15) is 0 Å². The lowest BCUT2D eigenvalue weighted by molar-refractivity contribution is 0.0951. The third kappa shape index (κ3) is 4.65. The maximum absolute atomic E-state index is 12.3. The number of carbonyl (C=O) groups is 1. The molecule has 0 aliphatic carbocycles. The van der Waals surface area contributed by atoms with Crippen molar-refractivity contribution in [1.29, 1.82) is 0 Å². The van der Waals surface area contributed by atoms with E-state index >= 15 is 0 Å². The first kappa shape index (κ1) is 17.7. The highest BCUT2D eigenvalue weighted by Gasteiger charge is 2.13. The maximum Gasteiger partial charge on any atom is 0.251 e. The summed E-state index contributed by atoms with van der Waals surface area (Å²) in [6, 6.07) is 13.0. The lowest BCUT2D eigenvalue weighted by Gasteiger charge is -2.13. The van der Waals surface area contributed by atoms with Crippen LogP contribution in [0.25, 0.3) is 0 Å². The number of methoxy groups -OCH3 is 2. The van der Waals surface area contributed by atoms with Crippen LogP contribution >= 0.6 is 0 Å². The van der Waals surface area contributed by atoms with Gasteiger partial charge in [-0.25, -0.2) is 0 Å². The minimum Gasteiger partial charge on any atom is -0.496 e. The number of ether oxygens (including phenoxy) is 3. The largest absolute Gasteiger partial charge is 0.496 e. The Labute approximate surface area is 142 Å². The molecular formula is C19H23NO4. The van der Waals surface area contributed by atoms with E-state index in [9.17, 15) is 4.79 Å². The number of para-hydroxylation sites is 1. The third-order valence-electron chi connectivity index (χ3n) is 3.63. The lowest BCUT2D eigenvalue weighted by Crippen LogP contribution is -2.25. The van der Waals surface area contributed by atoms with Gasteiger partial charge in [-0.05, 0) is 37.6 Å². The van der Waals surface area contributed by atoms with Crippen LogP contribution in [0, 0.1) is 6.92 Å². The summed E-state index contributed by atoms with van der Waals surface area (Å²) in [5.41, 5.74) is 1.38. The maximum atomic E-state index is 12.3. The summed E-state index contributed by atoms with van der Waals surface area (Å²) in [6.45, 7) is 2.97. The first-order valence-corrected chi connectivity index (χ1v) is 7.84. The van der Waals surface area contributed by atoms with E-state index < -0.39 is 0 Å². The molecule has 0 saturated heterocycles. The molecule has 2 rings (SSSR count). The summed E-state index contributed by atoms with van der Waals surface area (Å²) in [4.78, 5) is 12.3. The van der Waals surface area contributed by atoms with Crippen LogP contribution in [0.4, 0.5) is 0 Å². The van der Waals surface area contributed by atoms with E-state index in [4.69, 9.17) is 14.2 Å². The highest BCUT2D eigenvalue weighted by molar-refractivity contribution is 5.95. The fourth-order valence-corrected chi connectivity index (χ4v) is 2.30. The summed E-state index contributed by atoms with van der Waals surface area (Å²) in [5.74, 6) is 1.93. The monoisotopic (exact) mass is 329 g/mol. The zero-order valence-electron chi connectivity index (χ0n) is 14.3. The first-order chi connectivity index (χ1) is 11.7. The molecule has 0 bridgehead atoms. The summed E-state index contributed by atoms with van der Waals surface area (Å²) < 4.78 is 16.2. The predicted octanol–water partition coefficient (Wildman–Crippen LogP) is 3.21. The molecule has 0 fully saturated rings. The molecule has 0 aliphatic rings. The molecule has 128 valence electrons. The van der Waals surface area contributed by atoms with Gasteiger partial charge in [0.15, 0.2) is 0 Å². The average Bonchev–Trinajstić information content (AvgIpc) is 2.62. The van der Waals surface area contributed by atoms with Gasteiger partial charge in [0.2, 0.25) is 0 Å². The number of benzene rings is 2. The molecule has 2 aromatic rings. The fourth-order valence-electron chi connectivity index (χ4n) is 2.30. The first-order valence-electron chi connectivity index (χ1n) is 7.84. The van der Waals surface area contributed by atoms with E-state index in [1.807, 2.05) is 37.3 Å². The molecule has 5 nitrogen and oxygen atoms in total. The zero-order chi connectivity index (χ0) is 17.4.